The molecule has 3 nitrogen and oxygen atoms in total. The predicted molar refractivity (Wildman–Crippen MR) is 75.6 cm³/mol. The average Bonchev–Trinajstić information content (AvgIpc) is 2.46. The molecule has 1 fully saturated rings. The molecule has 102 valence electrons. The smallest absolute Gasteiger partial charge is 0.306 e. The minimum atomic E-state index is -0.727. The van der Waals surface area contributed by atoms with Gasteiger partial charge in [-0.3, -0.25) is 9.59 Å². The highest BCUT2D eigenvalue weighted by atomic mass is 32.2. The summed E-state index contributed by atoms with van der Waals surface area (Å²) in [5, 5.41) is 8.95. The molecular weight excluding hydrogens is 260 g/mol. The Hall–Kier alpha value is -1.29. The second kappa shape index (κ2) is 6.24. The number of carboxylic acid groups (broad SMARTS) is 1. The molecule has 0 heterocycles. The first-order valence-corrected chi connectivity index (χ1v) is 7.75. The summed E-state index contributed by atoms with van der Waals surface area (Å²) in [6.45, 7) is 0. The molecule has 0 radical (unpaired) electrons. The van der Waals surface area contributed by atoms with E-state index in [1.807, 2.05) is 30.5 Å². The number of benzene rings is 1. The minimum Gasteiger partial charge on any atom is -0.481 e. The van der Waals surface area contributed by atoms with Gasteiger partial charge in [0.05, 0.1) is 5.92 Å². The minimum absolute atomic E-state index is 0.00395. The van der Waals surface area contributed by atoms with E-state index in [9.17, 15) is 9.59 Å². The lowest BCUT2D eigenvalue weighted by atomic mass is 9.78. The third-order valence-corrected chi connectivity index (χ3v) is 4.57. The van der Waals surface area contributed by atoms with Crippen molar-refractivity contribution in [3.63, 3.8) is 0 Å². The summed E-state index contributed by atoms with van der Waals surface area (Å²) in [6.07, 6.45) is 4.63. The van der Waals surface area contributed by atoms with Gasteiger partial charge in [0.15, 0.2) is 5.78 Å². The maximum absolute atomic E-state index is 12.3. The molecule has 0 atom stereocenters. The first kappa shape index (κ1) is 14.1. The van der Waals surface area contributed by atoms with Gasteiger partial charge in [-0.1, -0.05) is 12.1 Å². The topological polar surface area (TPSA) is 54.4 Å². The lowest BCUT2D eigenvalue weighted by Crippen LogP contribution is -2.25. The highest BCUT2D eigenvalue weighted by Crippen LogP contribution is 2.31. The van der Waals surface area contributed by atoms with E-state index in [1.54, 1.807) is 11.8 Å². The molecule has 4 heteroatoms. The summed E-state index contributed by atoms with van der Waals surface area (Å²) in [5.41, 5.74) is 0.747. The molecule has 1 aromatic carbocycles. The standard InChI is InChI=1S/C15H18O3S/c1-19-13-8-6-11(7-9-13)14(16)10-2-4-12(5-3-10)15(17)18/h6-10,12H,2-5H2,1H3,(H,17,18). The van der Waals surface area contributed by atoms with Gasteiger partial charge >= 0.3 is 5.97 Å². The SMILES string of the molecule is CSc1ccc(C(=O)C2CCC(C(=O)O)CC2)cc1. The summed E-state index contributed by atoms with van der Waals surface area (Å²) in [6, 6.07) is 7.66. The summed E-state index contributed by atoms with van der Waals surface area (Å²) in [7, 11) is 0. The molecule has 1 N–H and O–H groups in total. The van der Waals surface area contributed by atoms with Crippen LogP contribution in [0.5, 0.6) is 0 Å². The average molecular weight is 278 g/mol. The predicted octanol–water partition coefficient (Wildman–Crippen LogP) is 3.48. The van der Waals surface area contributed by atoms with E-state index in [0.29, 0.717) is 25.7 Å². The van der Waals surface area contributed by atoms with Crippen LogP contribution in [-0.2, 0) is 4.79 Å². The number of carbonyl (C=O) groups excluding carboxylic acids is 1. The van der Waals surface area contributed by atoms with Gasteiger partial charge in [0, 0.05) is 16.4 Å². The van der Waals surface area contributed by atoms with Gasteiger partial charge in [0.25, 0.3) is 0 Å². The van der Waals surface area contributed by atoms with Crippen molar-refractivity contribution in [1.82, 2.24) is 0 Å². The Labute approximate surface area is 117 Å². The Balaban J connectivity index is 1.98. The monoisotopic (exact) mass is 278 g/mol. The van der Waals surface area contributed by atoms with Gasteiger partial charge < -0.3 is 5.11 Å². The Kier molecular flexibility index (Phi) is 4.64. The maximum Gasteiger partial charge on any atom is 0.306 e. The van der Waals surface area contributed by atoms with E-state index >= 15 is 0 Å². The van der Waals surface area contributed by atoms with E-state index in [0.717, 1.165) is 10.5 Å². The van der Waals surface area contributed by atoms with Crippen LogP contribution in [0.15, 0.2) is 29.2 Å². The lowest BCUT2D eigenvalue weighted by molar-refractivity contribution is -0.143. The van der Waals surface area contributed by atoms with Gasteiger partial charge in [-0.15, -0.1) is 11.8 Å². The maximum atomic E-state index is 12.3. The number of rotatable bonds is 4. The van der Waals surface area contributed by atoms with Gasteiger partial charge in [-0.25, -0.2) is 0 Å². The quantitative estimate of drug-likeness (QED) is 0.676. The fourth-order valence-corrected chi connectivity index (χ4v) is 3.00. The third-order valence-electron chi connectivity index (χ3n) is 3.82. The fraction of sp³-hybridized carbons (Fsp3) is 0.467. The van der Waals surface area contributed by atoms with Crippen LogP contribution in [-0.4, -0.2) is 23.1 Å². The van der Waals surface area contributed by atoms with Crippen LogP contribution in [0.1, 0.15) is 36.0 Å². The molecule has 0 spiro atoms. The van der Waals surface area contributed by atoms with Crippen LogP contribution < -0.4 is 0 Å². The van der Waals surface area contributed by atoms with E-state index in [-0.39, 0.29) is 17.6 Å². The normalized spacial score (nSPS) is 23.0. The summed E-state index contributed by atoms with van der Waals surface area (Å²) in [4.78, 5) is 24.4. The van der Waals surface area contributed by atoms with Crippen molar-refractivity contribution in [1.29, 1.82) is 0 Å². The zero-order valence-electron chi connectivity index (χ0n) is 11.0. The molecule has 1 aliphatic rings. The number of carbonyl (C=O) groups is 2. The number of thioether (sulfide) groups is 1. The van der Waals surface area contributed by atoms with E-state index in [4.69, 9.17) is 5.11 Å². The number of aliphatic carboxylic acids is 1. The Morgan fingerprint density at radius 1 is 1.05 bits per heavy atom. The molecule has 0 aromatic heterocycles. The number of carboxylic acids is 1. The molecule has 0 aliphatic heterocycles. The second-order valence-corrected chi connectivity index (χ2v) is 5.86. The molecule has 1 aliphatic carbocycles. The van der Waals surface area contributed by atoms with E-state index < -0.39 is 5.97 Å². The van der Waals surface area contributed by atoms with Crippen molar-refractivity contribution >= 4 is 23.5 Å². The molecule has 19 heavy (non-hydrogen) atoms. The highest BCUT2D eigenvalue weighted by Gasteiger charge is 2.30. The zero-order valence-corrected chi connectivity index (χ0v) is 11.8. The van der Waals surface area contributed by atoms with Crippen molar-refractivity contribution in [2.24, 2.45) is 11.8 Å². The molecule has 0 saturated heterocycles. The largest absolute Gasteiger partial charge is 0.481 e. The van der Waals surface area contributed by atoms with Crippen molar-refractivity contribution in [3.05, 3.63) is 29.8 Å². The van der Waals surface area contributed by atoms with Crippen LogP contribution in [0.2, 0.25) is 0 Å². The lowest BCUT2D eigenvalue weighted by Gasteiger charge is -2.25. The first-order chi connectivity index (χ1) is 9.11. The number of Topliss-reactive ketones (excluding diaryl/α,β-unsaturated/α-hetero) is 1. The number of hydrogen-bond acceptors (Lipinski definition) is 3. The Morgan fingerprint density at radius 3 is 2.05 bits per heavy atom. The van der Waals surface area contributed by atoms with Gasteiger partial charge in [-0.2, -0.15) is 0 Å². The summed E-state index contributed by atoms with van der Waals surface area (Å²) < 4.78 is 0. The van der Waals surface area contributed by atoms with Crippen LogP contribution in [0, 0.1) is 11.8 Å². The van der Waals surface area contributed by atoms with Crippen molar-refractivity contribution in [2.75, 3.05) is 6.26 Å². The molecule has 0 bridgehead atoms. The molecule has 2 rings (SSSR count). The van der Waals surface area contributed by atoms with Crippen LogP contribution in [0.25, 0.3) is 0 Å². The molecular formula is C15H18O3S. The summed E-state index contributed by atoms with van der Waals surface area (Å²) >= 11 is 1.65. The fourth-order valence-electron chi connectivity index (χ4n) is 2.59. The Bertz CT molecular complexity index is 459. The molecule has 0 unspecified atom stereocenters. The van der Waals surface area contributed by atoms with Crippen LogP contribution in [0.3, 0.4) is 0 Å². The van der Waals surface area contributed by atoms with Crippen molar-refractivity contribution in [3.8, 4) is 0 Å². The third kappa shape index (κ3) is 3.38. The summed E-state index contributed by atoms with van der Waals surface area (Å²) in [5.74, 6) is -0.828. The molecule has 1 saturated carbocycles. The number of hydrogen-bond donors (Lipinski definition) is 1. The zero-order chi connectivity index (χ0) is 13.8. The van der Waals surface area contributed by atoms with Gasteiger partial charge in [0.2, 0.25) is 0 Å². The molecule has 0 amide bonds. The van der Waals surface area contributed by atoms with Crippen LogP contribution in [0.4, 0.5) is 0 Å². The van der Waals surface area contributed by atoms with Crippen molar-refractivity contribution < 1.29 is 14.7 Å². The molecule has 1 aromatic rings. The second-order valence-electron chi connectivity index (χ2n) is 4.98. The first-order valence-electron chi connectivity index (χ1n) is 6.53. The van der Waals surface area contributed by atoms with E-state index in [2.05, 4.69) is 0 Å². The van der Waals surface area contributed by atoms with Crippen LogP contribution >= 0.6 is 11.8 Å². The van der Waals surface area contributed by atoms with Gasteiger partial charge in [0.1, 0.15) is 0 Å². The van der Waals surface area contributed by atoms with Gasteiger partial charge in [-0.05, 0) is 44.1 Å². The number of ketones is 1. The Morgan fingerprint density at radius 2 is 1.58 bits per heavy atom. The van der Waals surface area contributed by atoms with Crippen molar-refractivity contribution in [2.45, 2.75) is 30.6 Å². The highest BCUT2D eigenvalue weighted by molar-refractivity contribution is 7.98. The van der Waals surface area contributed by atoms with E-state index in [1.165, 1.54) is 0 Å².